The molecule has 1 aromatic carbocycles. The predicted molar refractivity (Wildman–Crippen MR) is 95.9 cm³/mol. The number of carbonyl (C=O) groups excluding carboxylic acids is 1. The zero-order valence-corrected chi connectivity index (χ0v) is 14.4. The average molecular weight is 327 g/mol. The number of rotatable bonds is 6. The number of benzene rings is 1. The molecule has 1 aliphatic rings. The van der Waals surface area contributed by atoms with Crippen molar-refractivity contribution >= 4 is 22.6 Å². The number of likely N-dealkylation sites (N-methyl/N-ethyl adjacent to an activating group) is 1. The number of nitrogens with one attached hydrogen (secondary N) is 1. The van der Waals surface area contributed by atoms with E-state index in [1.54, 1.807) is 0 Å². The Morgan fingerprint density at radius 2 is 2.08 bits per heavy atom. The fourth-order valence-corrected chi connectivity index (χ4v) is 3.42. The highest BCUT2D eigenvalue weighted by molar-refractivity contribution is 5.90. The van der Waals surface area contributed by atoms with Crippen LogP contribution < -0.4 is 5.32 Å². The minimum Gasteiger partial charge on any atom is -0.360 e. The van der Waals surface area contributed by atoms with Crippen LogP contribution in [0.4, 0.5) is 5.82 Å². The van der Waals surface area contributed by atoms with Crippen LogP contribution in [0.3, 0.4) is 0 Å². The van der Waals surface area contributed by atoms with Gasteiger partial charge in [-0.2, -0.15) is 0 Å². The molecule has 1 fully saturated rings. The maximum Gasteiger partial charge on any atom is 0.241 e. The first-order chi connectivity index (χ1) is 11.7. The normalized spacial score (nSPS) is 17.6. The van der Waals surface area contributed by atoms with Crippen molar-refractivity contribution in [3.63, 3.8) is 0 Å². The molecule has 0 saturated carbocycles. The molecule has 0 spiro atoms. The standard InChI is InChI=1S/C18H25N5O/c1-3-22(4-2)14-9-10-23(12-14)17(24)11-19-18-15-7-5-6-8-16(15)20-13-21-18/h5-8,13-14H,3-4,9-12H2,1-2H3,(H,19,20,21). The average Bonchev–Trinajstić information content (AvgIpc) is 3.10. The van der Waals surface area contributed by atoms with E-state index in [-0.39, 0.29) is 12.5 Å². The summed E-state index contributed by atoms with van der Waals surface area (Å²) in [7, 11) is 0. The Bertz CT molecular complexity index is 695. The lowest BCUT2D eigenvalue weighted by molar-refractivity contribution is -0.128. The van der Waals surface area contributed by atoms with E-state index in [2.05, 4.69) is 34.0 Å². The molecule has 3 rings (SSSR count). The zero-order valence-electron chi connectivity index (χ0n) is 14.4. The van der Waals surface area contributed by atoms with Crippen LogP contribution in [-0.4, -0.2) is 64.4 Å². The summed E-state index contributed by atoms with van der Waals surface area (Å²) in [5.41, 5.74) is 0.880. The second-order valence-corrected chi connectivity index (χ2v) is 6.10. The van der Waals surface area contributed by atoms with Gasteiger partial charge in [0, 0.05) is 24.5 Å². The molecule has 6 nitrogen and oxygen atoms in total. The molecule has 2 heterocycles. The molecular weight excluding hydrogens is 302 g/mol. The number of amides is 1. The molecule has 1 N–H and O–H groups in total. The Morgan fingerprint density at radius 1 is 1.29 bits per heavy atom. The highest BCUT2D eigenvalue weighted by Gasteiger charge is 2.28. The zero-order chi connectivity index (χ0) is 16.9. The number of hydrogen-bond acceptors (Lipinski definition) is 5. The van der Waals surface area contributed by atoms with Gasteiger partial charge in [-0.25, -0.2) is 9.97 Å². The van der Waals surface area contributed by atoms with Gasteiger partial charge in [0.25, 0.3) is 0 Å². The maximum absolute atomic E-state index is 12.5. The minimum absolute atomic E-state index is 0.132. The lowest BCUT2D eigenvalue weighted by Crippen LogP contribution is -2.40. The van der Waals surface area contributed by atoms with Crippen LogP contribution >= 0.6 is 0 Å². The van der Waals surface area contributed by atoms with Crippen molar-refractivity contribution in [2.75, 3.05) is 38.0 Å². The lowest BCUT2D eigenvalue weighted by atomic mass is 10.2. The molecule has 1 unspecified atom stereocenters. The Kier molecular flexibility index (Phi) is 5.25. The molecule has 1 amide bonds. The van der Waals surface area contributed by atoms with Crippen molar-refractivity contribution in [3.05, 3.63) is 30.6 Å². The fourth-order valence-electron chi connectivity index (χ4n) is 3.42. The van der Waals surface area contributed by atoms with E-state index in [1.807, 2.05) is 29.2 Å². The van der Waals surface area contributed by atoms with Crippen molar-refractivity contribution in [1.82, 2.24) is 19.8 Å². The van der Waals surface area contributed by atoms with Crippen LogP contribution in [0.1, 0.15) is 20.3 Å². The number of anilines is 1. The Hall–Kier alpha value is -2.21. The SMILES string of the molecule is CCN(CC)C1CCN(C(=O)CNc2ncnc3ccccc23)C1. The molecule has 128 valence electrons. The topological polar surface area (TPSA) is 61.4 Å². The lowest BCUT2D eigenvalue weighted by Gasteiger charge is -2.26. The molecule has 1 saturated heterocycles. The van der Waals surface area contributed by atoms with E-state index in [1.165, 1.54) is 6.33 Å². The van der Waals surface area contributed by atoms with Crippen LogP contribution in [0.5, 0.6) is 0 Å². The minimum atomic E-state index is 0.132. The van der Waals surface area contributed by atoms with E-state index < -0.39 is 0 Å². The van der Waals surface area contributed by atoms with Crippen LogP contribution in [0, 0.1) is 0 Å². The quantitative estimate of drug-likeness (QED) is 0.879. The summed E-state index contributed by atoms with van der Waals surface area (Å²) < 4.78 is 0. The van der Waals surface area contributed by atoms with Crippen molar-refractivity contribution < 1.29 is 4.79 Å². The number of aromatic nitrogens is 2. The Labute approximate surface area is 142 Å². The molecular formula is C18H25N5O. The molecule has 0 radical (unpaired) electrons. The summed E-state index contributed by atoms with van der Waals surface area (Å²) in [6.07, 6.45) is 2.59. The second-order valence-electron chi connectivity index (χ2n) is 6.10. The highest BCUT2D eigenvalue weighted by Crippen LogP contribution is 2.19. The molecule has 2 aromatic rings. The van der Waals surface area contributed by atoms with Crippen molar-refractivity contribution in [2.24, 2.45) is 0 Å². The molecule has 0 bridgehead atoms. The Morgan fingerprint density at radius 3 is 2.88 bits per heavy atom. The van der Waals surface area contributed by atoms with Crippen LogP contribution in [0.2, 0.25) is 0 Å². The van der Waals surface area contributed by atoms with Crippen molar-refractivity contribution in [1.29, 1.82) is 0 Å². The van der Waals surface area contributed by atoms with Gasteiger partial charge in [-0.1, -0.05) is 26.0 Å². The summed E-state index contributed by atoms with van der Waals surface area (Å²) in [6, 6.07) is 8.30. The van der Waals surface area contributed by atoms with Crippen LogP contribution in [-0.2, 0) is 4.79 Å². The number of fused-ring (bicyclic) bond motifs is 1. The molecule has 1 aliphatic heterocycles. The van der Waals surface area contributed by atoms with E-state index >= 15 is 0 Å². The number of hydrogen-bond donors (Lipinski definition) is 1. The van der Waals surface area contributed by atoms with Gasteiger partial charge in [-0.05, 0) is 31.6 Å². The van der Waals surface area contributed by atoms with Gasteiger partial charge in [0.15, 0.2) is 0 Å². The molecule has 1 aromatic heterocycles. The third-order valence-corrected chi connectivity index (χ3v) is 4.79. The first-order valence-corrected chi connectivity index (χ1v) is 8.68. The third-order valence-electron chi connectivity index (χ3n) is 4.79. The van der Waals surface area contributed by atoms with Gasteiger partial charge >= 0.3 is 0 Å². The van der Waals surface area contributed by atoms with Crippen molar-refractivity contribution in [3.8, 4) is 0 Å². The number of likely N-dealkylation sites (tertiary alicyclic amines) is 1. The molecule has 24 heavy (non-hydrogen) atoms. The summed E-state index contributed by atoms with van der Waals surface area (Å²) in [5.74, 6) is 0.848. The fraction of sp³-hybridized carbons (Fsp3) is 0.500. The van der Waals surface area contributed by atoms with Gasteiger partial charge in [-0.3, -0.25) is 9.69 Å². The number of carbonyl (C=O) groups is 1. The highest BCUT2D eigenvalue weighted by atomic mass is 16.2. The largest absolute Gasteiger partial charge is 0.360 e. The summed E-state index contributed by atoms with van der Waals surface area (Å²) in [5, 5.41) is 4.12. The third kappa shape index (κ3) is 3.48. The monoisotopic (exact) mass is 327 g/mol. The Balaban J connectivity index is 1.60. The summed E-state index contributed by atoms with van der Waals surface area (Å²) >= 11 is 0. The van der Waals surface area contributed by atoms with Gasteiger partial charge in [-0.15, -0.1) is 0 Å². The first kappa shape index (κ1) is 16.6. The van der Waals surface area contributed by atoms with Crippen molar-refractivity contribution in [2.45, 2.75) is 26.3 Å². The van der Waals surface area contributed by atoms with Gasteiger partial charge in [0.1, 0.15) is 12.1 Å². The first-order valence-electron chi connectivity index (χ1n) is 8.68. The van der Waals surface area contributed by atoms with E-state index in [0.29, 0.717) is 11.9 Å². The predicted octanol–water partition coefficient (Wildman–Crippen LogP) is 1.98. The maximum atomic E-state index is 12.5. The summed E-state index contributed by atoms with van der Waals surface area (Å²) in [4.78, 5) is 25.4. The molecule has 1 atom stereocenters. The smallest absolute Gasteiger partial charge is 0.241 e. The van der Waals surface area contributed by atoms with E-state index in [0.717, 1.165) is 43.5 Å². The van der Waals surface area contributed by atoms with E-state index in [4.69, 9.17) is 0 Å². The van der Waals surface area contributed by atoms with Crippen LogP contribution in [0.25, 0.3) is 10.9 Å². The number of nitrogens with zero attached hydrogens (tertiary/aromatic N) is 4. The van der Waals surface area contributed by atoms with Gasteiger partial charge in [0.2, 0.25) is 5.91 Å². The van der Waals surface area contributed by atoms with E-state index in [9.17, 15) is 4.79 Å². The van der Waals surface area contributed by atoms with Gasteiger partial charge in [0.05, 0.1) is 12.1 Å². The number of para-hydroxylation sites is 1. The van der Waals surface area contributed by atoms with Crippen LogP contribution in [0.15, 0.2) is 30.6 Å². The summed E-state index contributed by atoms with van der Waals surface area (Å²) in [6.45, 7) is 8.36. The van der Waals surface area contributed by atoms with Gasteiger partial charge < -0.3 is 10.2 Å². The second kappa shape index (κ2) is 7.57. The molecule has 6 heteroatoms. The molecule has 0 aliphatic carbocycles.